The van der Waals surface area contributed by atoms with E-state index in [9.17, 15) is 0 Å². The lowest BCUT2D eigenvalue weighted by molar-refractivity contribution is 0.121. The zero-order chi connectivity index (χ0) is 15.1. The fourth-order valence-electron chi connectivity index (χ4n) is 2.88. The van der Waals surface area contributed by atoms with Gasteiger partial charge in [0.15, 0.2) is 0 Å². The molecule has 0 radical (unpaired) electrons. The Kier molecular flexibility index (Phi) is 6.81. The molecule has 0 spiro atoms. The first kappa shape index (κ1) is 16.6. The van der Waals surface area contributed by atoms with Crippen LogP contribution in [0.25, 0.3) is 0 Å². The summed E-state index contributed by atoms with van der Waals surface area (Å²) in [5.41, 5.74) is 1.43. The molecule has 0 aromatic heterocycles. The zero-order valence-electron chi connectivity index (χ0n) is 13.3. The van der Waals surface area contributed by atoms with Crippen LogP contribution in [0.4, 0.5) is 0 Å². The molecule has 1 fully saturated rings. The van der Waals surface area contributed by atoms with Gasteiger partial charge in [0.2, 0.25) is 0 Å². The van der Waals surface area contributed by atoms with Gasteiger partial charge < -0.3 is 5.32 Å². The third-order valence-electron chi connectivity index (χ3n) is 4.19. The predicted octanol–water partition coefficient (Wildman–Crippen LogP) is 3.58. The highest BCUT2D eigenvalue weighted by Crippen LogP contribution is 2.25. The number of hydrogen-bond donors (Lipinski definition) is 1. The van der Waals surface area contributed by atoms with Crippen molar-refractivity contribution in [3.8, 4) is 0 Å². The van der Waals surface area contributed by atoms with Crippen molar-refractivity contribution in [2.45, 2.75) is 25.9 Å². The van der Waals surface area contributed by atoms with Crippen LogP contribution >= 0.6 is 11.8 Å². The van der Waals surface area contributed by atoms with Crippen LogP contribution in [-0.4, -0.2) is 42.1 Å². The molecule has 2 nitrogen and oxygen atoms in total. The van der Waals surface area contributed by atoms with Crippen molar-refractivity contribution in [2.75, 3.05) is 31.1 Å². The predicted molar refractivity (Wildman–Crippen MR) is 94.9 cm³/mol. The van der Waals surface area contributed by atoms with Gasteiger partial charge in [-0.15, -0.1) is 6.58 Å². The SMILES string of the molecule is C=CCSCCN1CC(C(C)C)NCC1c1ccccc1. The molecule has 1 aliphatic rings. The summed E-state index contributed by atoms with van der Waals surface area (Å²) in [6, 6.07) is 12.0. The maximum Gasteiger partial charge on any atom is 0.0473 e. The molecule has 0 aliphatic carbocycles. The molecule has 2 atom stereocenters. The lowest BCUT2D eigenvalue weighted by Gasteiger charge is -2.42. The largest absolute Gasteiger partial charge is 0.311 e. The van der Waals surface area contributed by atoms with Crippen molar-refractivity contribution >= 4 is 11.8 Å². The van der Waals surface area contributed by atoms with Crippen molar-refractivity contribution < 1.29 is 0 Å². The minimum absolute atomic E-state index is 0.505. The average Bonchev–Trinajstić information content (AvgIpc) is 2.52. The van der Waals surface area contributed by atoms with E-state index in [1.54, 1.807) is 0 Å². The van der Waals surface area contributed by atoms with Gasteiger partial charge >= 0.3 is 0 Å². The topological polar surface area (TPSA) is 15.3 Å². The number of piperazine rings is 1. The molecule has 116 valence electrons. The molecule has 1 aliphatic heterocycles. The molecule has 3 heteroatoms. The van der Waals surface area contributed by atoms with E-state index in [0.29, 0.717) is 18.0 Å². The van der Waals surface area contributed by atoms with Gasteiger partial charge in [0.1, 0.15) is 0 Å². The number of nitrogens with one attached hydrogen (secondary N) is 1. The molecule has 1 N–H and O–H groups in total. The standard InChI is InChI=1S/C18H28N2S/c1-4-11-21-12-10-20-14-17(15(2)3)19-13-18(20)16-8-6-5-7-9-16/h4-9,15,17-19H,1,10-14H2,2-3H3. The number of thioether (sulfide) groups is 1. The van der Waals surface area contributed by atoms with Gasteiger partial charge in [-0.25, -0.2) is 0 Å². The van der Waals surface area contributed by atoms with Gasteiger partial charge in [-0.05, 0) is 11.5 Å². The second kappa shape index (κ2) is 8.62. The van der Waals surface area contributed by atoms with Crippen LogP contribution in [0, 0.1) is 5.92 Å². The first-order chi connectivity index (χ1) is 10.2. The Morgan fingerprint density at radius 2 is 2.14 bits per heavy atom. The molecule has 1 aromatic rings. The van der Waals surface area contributed by atoms with Crippen LogP contribution in [0.2, 0.25) is 0 Å². The molecular weight excluding hydrogens is 276 g/mol. The second-order valence-electron chi connectivity index (χ2n) is 6.04. The summed E-state index contributed by atoms with van der Waals surface area (Å²) in [6.07, 6.45) is 1.99. The van der Waals surface area contributed by atoms with E-state index in [1.807, 2.05) is 17.8 Å². The third kappa shape index (κ3) is 4.87. The van der Waals surface area contributed by atoms with E-state index < -0.39 is 0 Å². The van der Waals surface area contributed by atoms with Gasteiger partial charge in [-0.3, -0.25) is 4.90 Å². The number of rotatable bonds is 7. The Labute approximate surface area is 134 Å². The zero-order valence-corrected chi connectivity index (χ0v) is 14.1. The van der Waals surface area contributed by atoms with Gasteiger partial charge in [-0.1, -0.05) is 50.3 Å². The lowest BCUT2D eigenvalue weighted by Crippen LogP contribution is -2.54. The summed E-state index contributed by atoms with van der Waals surface area (Å²) in [4.78, 5) is 2.66. The smallest absolute Gasteiger partial charge is 0.0473 e. The first-order valence-corrected chi connectivity index (χ1v) is 9.09. The van der Waals surface area contributed by atoms with Gasteiger partial charge in [0.05, 0.1) is 0 Å². The maximum absolute atomic E-state index is 3.80. The van der Waals surface area contributed by atoms with Crippen LogP contribution in [-0.2, 0) is 0 Å². The second-order valence-corrected chi connectivity index (χ2v) is 7.19. The monoisotopic (exact) mass is 304 g/mol. The molecule has 0 amide bonds. The lowest BCUT2D eigenvalue weighted by atomic mass is 9.96. The molecule has 0 saturated carbocycles. The van der Waals surface area contributed by atoms with E-state index in [0.717, 1.165) is 25.4 Å². The Hall–Kier alpha value is -0.770. The van der Waals surface area contributed by atoms with Gasteiger partial charge in [0.25, 0.3) is 0 Å². The molecule has 1 saturated heterocycles. The fourth-order valence-corrected chi connectivity index (χ4v) is 3.58. The molecule has 2 unspecified atom stereocenters. The average molecular weight is 305 g/mol. The summed E-state index contributed by atoms with van der Waals surface area (Å²) in [5.74, 6) is 2.92. The van der Waals surface area contributed by atoms with Gasteiger partial charge in [0, 0.05) is 43.2 Å². The normalized spacial score (nSPS) is 23.4. The Morgan fingerprint density at radius 1 is 1.38 bits per heavy atom. The summed E-state index contributed by atoms with van der Waals surface area (Å²) >= 11 is 1.97. The van der Waals surface area contributed by atoms with E-state index in [-0.39, 0.29) is 0 Å². The van der Waals surface area contributed by atoms with Crippen LogP contribution in [0.5, 0.6) is 0 Å². The van der Waals surface area contributed by atoms with E-state index in [4.69, 9.17) is 0 Å². The number of benzene rings is 1. The molecule has 21 heavy (non-hydrogen) atoms. The Bertz CT molecular complexity index is 418. The molecule has 1 aromatic carbocycles. The number of hydrogen-bond acceptors (Lipinski definition) is 3. The highest BCUT2D eigenvalue weighted by molar-refractivity contribution is 7.99. The molecule has 1 heterocycles. The fraction of sp³-hybridized carbons (Fsp3) is 0.556. The Morgan fingerprint density at radius 3 is 2.81 bits per heavy atom. The molecular formula is C18H28N2S. The minimum atomic E-state index is 0.505. The maximum atomic E-state index is 3.80. The Balaban J connectivity index is 2.01. The van der Waals surface area contributed by atoms with Crippen molar-refractivity contribution in [3.05, 3.63) is 48.6 Å². The van der Waals surface area contributed by atoms with E-state index >= 15 is 0 Å². The van der Waals surface area contributed by atoms with Crippen LogP contribution in [0.15, 0.2) is 43.0 Å². The highest BCUT2D eigenvalue weighted by Gasteiger charge is 2.29. The summed E-state index contributed by atoms with van der Waals surface area (Å²) in [6.45, 7) is 11.8. The van der Waals surface area contributed by atoms with Crippen LogP contribution in [0.3, 0.4) is 0 Å². The quantitative estimate of drug-likeness (QED) is 0.612. The molecule has 2 rings (SSSR count). The summed E-state index contributed by atoms with van der Waals surface area (Å²) < 4.78 is 0. The van der Waals surface area contributed by atoms with Gasteiger partial charge in [-0.2, -0.15) is 11.8 Å². The summed E-state index contributed by atoms with van der Waals surface area (Å²) in [5, 5.41) is 3.73. The van der Waals surface area contributed by atoms with Crippen molar-refractivity contribution in [3.63, 3.8) is 0 Å². The van der Waals surface area contributed by atoms with Crippen LogP contribution in [0.1, 0.15) is 25.5 Å². The minimum Gasteiger partial charge on any atom is -0.311 e. The van der Waals surface area contributed by atoms with Crippen LogP contribution < -0.4 is 5.32 Å². The van der Waals surface area contributed by atoms with Crippen molar-refractivity contribution in [1.82, 2.24) is 10.2 Å². The van der Waals surface area contributed by atoms with Crippen molar-refractivity contribution in [1.29, 1.82) is 0 Å². The highest BCUT2D eigenvalue weighted by atomic mass is 32.2. The van der Waals surface area contributed by atoms with E-state index in [2.05, 4.69) is 61.0 Å². The third-order valence-corrected chi connectivity index (χ3v) is 5.14. The molecule has 0 bridgehead atoms. The van der Waals surface area contributed by atoms with Crippen molar-refractivity contribution in [2.24, 2.45) is 5.92 Å². The summed E-state index contributed by atoms with van der Waals surface area (Å²) in [7, 11) is 0. The first-order valence-electron chi connectivity index (χ1n) is 7.93. The number of nitrogens with zero attached hydrogens (tertiary/aromatic N) is 1. The van der Waals surface area contributed by atoms with E-state index in [1.165, 1.54) is 11.3 Å².